The van der Waals surface area contributed by atoms with E-state index in [1.165, 1.54) is 7.11 Å². The van der Waals surface area contributed by atoms with Gasteiger partial charge in [0, 0.05) is 41.5 Å². The van der Waals surface area contributed by atoms with Crippen molar-refractivity contribution in [2.75, 3.05) is 25.1 Å². The largest absolute Gasteiger partial charge is 0.507 e. The molecule has 0 fully saturated rings. The van der Waals surface area contributed by atoms with Gasteiger partial charge in [-0.3, -0.25) is 0 Å². The lowest BCUT2D eigenvalue weighted by Gasteiger charge is -2.33. The number of nitrogens with zero attached hydrogens (tertiary/aromatic N) is 1. The molecule has 1 N–H and O–H groups in total. The van der Waals surface area contributed by atoms with Gasteiger partial charge in [-0.05, 0) is 45.0 Å². The first-order valence-corrected chi connectivity index (χ1v) is 12.5. The Balaban J connectivity index is 2.16. The molecule has 0 aromatic heterocycles. The number of rotatable bonds is 6. The van der Waals surface area contributed by atoms with Crippen molar-refractivity contribution in [3.05, 3.63) is 84.3 Å². The van der Waals surface area contributed by atoms with Gasteiger partial charge in [-0.25, -0.2) is 4.79 Å². The number of ether oxygens (including phenoxy) is 2. The third kappa shape index (κ3) is 3.89. The number of phenols is 1. The lowest BCUT2D eigenvalue weighted by atomic mass is 9.78. The molecule has 35 heavy (non-hydrogen) atoms. The Bertz CT molecular complexity index is 1340. The summed E-state index contributed by atoms with van der Waals surface area (Å²) in [5, 5.41) is 11.2. The van der Waals surface area contributed by atoms with Crippen molar-refractivity contribution < 1.29 is 19.4 Å². The number of aromatic hydroxyl groups is 1. The van der Waals surface area contributed by atoms with Gasteiger partial charge >= 0.3 is 5.97 Å². The first-order valence-electron chi connectivity index (χ1n) is 11.0. The fourth-order valence-corrected chi connectivity index (χ4v) is 5.68. The van der Waals surface area contributed by atoms with E-state index in [0.29, 0.717) is 11.3 Å². The maximum Gasteiger partial charge on any atom is 0.341 e. The second kappa shape index (κ2) is 9.62. The number of hydrogen-bond acceptors (Lipinski definition) is 5. The number of aryl methyl sites for hydroxylation is 1. The smallest absolute Gasteiger partial charge is 0.341 e. The standard InChI is InChI=1S/C26H23Cl4NO4/c1-5-31(6-2)14-8-9-15(17(32)12-14)26(16-11-13(3)7-10-18(16)34-4)20-19(25(33)35-26)21(27)23(29)24(30)22(20)28/h7-12,32H,5-6H2,1-4H3. The average Bonchev–Trinajstić information content (AvgIpc) is 3.15. The maximum absolute atomic E-state index is 13.3. The van der Waals surface area contributed by atoms with Gasteiger partial charge in [-0.15, -0.1) is 0 Å². The van der Waals surface area contributed by atoms with Crippen LogP contribution in [0, 0.1) is 6.92 Å². The molecule has 0 radical (unpaired) electrons. The van der Waals surface area contributed by atoms with Crippen LogP contribution in [0.3, 0.4) is 0 Å². The fourth-order valence-electron chi connectivity index (χ4n) is 4.62. The van der Waals surface area contributed by atoms with Gasteiger partial charge in [0.25, 0.3) is 0 Å². The van der Waals surface area contributed by atoms with E-state index in [0.717, 1.165) is 24.3 Å². The molecule has 1 aliphatic rings. The predicted molar refractivity (Wildman–Crippen MR) is 141 cm³/mol. The molecule has 0 bridgehead atoms. The van der Waals surface area contributed by atoms with Crippen molar-refractivity contribution in [1.82, 2.24) is 0 Å². The molecule has 0 amide bonds. The highest BCUT2D eigenvalue weighted by Crippen LogP contribution is 2.58. The summed E-state index contributed by atoms with van der Waals surface area (Å²) in [4.78, 5) is 15.4. The lowest BCUT2D eigenvalue weighted by Crippen LogP contribution is -2.31. The molecule has 184 valence electrons. The topological polar surface area (TPSA) is 59.0 Å². The summed E-state index contributed by atoms with van der Waals surface area (Å²) in [6, 6.07) is 10.6. The van der Waals surface area contributed by atoms with Crippen LogP contribution in [0.15, 0.2) is 36.4 Å². The number of esters is 1. The van der Waals surface area contributed by atoms with E-state index in [4.69, 9.17) is 55.9 Å². The summed E-state index contributed by atoms with van der Waals surface area (Å²) < 4.78 is 11.8. The zero-order valence-corrected chi connectivity index (χ0v) is 22.5. The minimum absolute atomic E-state index is 0.00213. The van der Waals surface area contributed by atoms with Crippen molar-refractivity contribution in [1.29, 1.82) is 0 Å². The molecular formula is C26H23Cl4NO4. The van der Waals surface area contributed by atoms with E-state index in [2.05, 4.69) is 4.90 Å². The van der Waals surface area contributed by atoms with Gasteiger partial charge in [0.05, 0.1) is 32.8 Å². The minimum atomic E-state index is -1.70. The molecule has 1 aliphatic heterocycles. The van der Waals surface area contributed by atoms with Crippen LogP contribution in [-0.4, -0.2) is 31.3 Å². The summed E-state index contributed by atoms with van der Waals surface area (Å²) in [6.45, 7) is 7.44. The summed E-state index contributed by atoms with van der Waals surface area (Å²) >= 11 is 26.0. The van der Waals surface area contributed by atoms with Gasteiger partial charge in [-0.2, -0.15) is 0 Å². The quantitative estimate of drug-likeness (QED) is 0.193. The SMILES string of the molecule is CCN(CC)c1ccc(C2(c3cc(C)ccc3OC)OC(=O)c3c(Cl)c(Cl)c(Cl)c(Cl)c32)c(O)c1. The lowest BCUT2D eigenvalue weighted by molar-refractivity contribution is 0.0239. The second-order valence-electron chi connectivity index (χ2n) is 8.15. The molecular weight excluding hydrogens is 532 g/mol. The highest BCUT2D eigenvalue weighted by Gasteiger charge is 2.55. The van der Waals surface area contributed by atoms with E-state index in [9.17, 15) is 9.90 Å². The van der Waals surface area contributed by atoms with E-state index < -0.39 is 11.6 Å². The molecule has 1 heterocycles. The van der Waals surface area contributed by atoms with Crippen molar-refractivity contribution in [2.45, 2.75) is 26.4 Å². The molecule has 3 aromatic rings. The molecule has 3 aromatic carbocycles. The number of carbonyl (C=O) groups excluding carboxylic acids is 1. The first-order chi connectivity index (χ1) is 16.6. The Morgan fingerprint density at radius 2 is 1.60 bits per heavy atom. The number of methoxy groups -OCH3 is 1. The Morgan fingerprint density at radius 3 is 2.20 bits per heavy atom. The van der Waals surface area contributed by atoms with Crippen LogP contribution in [0.25, 0.3) is 0 Å². The molecule has 5 nitrogen and oxygen atoms in total. The molecule has 9 heteroatoms. The molecule has 0 saturated carbocycles. The molecule has 1 atom stereocenters. The number of anilines is 1. The molecule has 0 saturated heterocycles. The Labute approximate surface area is 224 Å². The molecule has 1 unspecified atom stereocenters. The predicted octanol–water partition coefficient (Wildman–Crippen LogP) is 7.63. The Hall–Kier alpha value is -2.31. The summed E-state index contributed by atoms with van der Waals surface area (Å²) in [6.07, 6.45) is 0. The number of fused-ring (bicyclic) bond motifs is 1. The summed E-state index contributed by atoms with van der Waals surface area (Å²) in [5.74, 6) is -0.431. The minimum Gasteiger partial charge on any atom is -0.507 e. The van der Waals surface area contributed by atoms with Crippen LogP contribution in [-0.2, 0) is 10.3 Å². The third-order valence-corrected chi connectivity index (χ3v) is 8.09. The van der Waals surface area contributed by atoms with Gasteiger partial charge < -0.3 is 19.5 Å². The second-order valence-corrected chi connectivity index (χ2v) is 9.67. The number of carbonyl (C=O) groups is 1. The highest BCUT2D eigenvalue weighted by atomic mass is 35.5. The maximum atomic E-state index is 13.3. The third-order valence-electron chi connectivity index (χ3n) is 6.29. The first kappa shape index (κ1) is 25.8. The molecule has 0 spiro atoms. The van der Waals surface area contributed by atoms with Gasteiger partial charge in [0.15, 0.2) is 5.60 Å². The van der Waals surface area contributed by atoms with Gasteiger partial charge in [0.2, 0.25) is 0 Å². The van der Waals surface area contributed by atoms with Gasteiger partial charge in [-0.1, -0.05) is 58.0 Å². The number of halogens is 4. The van der Waals surface area contributed by atoms with Crippen LogP contribution in [0.2, 0.25) is 20.1 Å². The number of benzene rings is 3. The van der Waals surface area contributed by atoms with Gasteiger partial charge in [0.1, 0.15) is 11.5 Å². The number of cyclic esters (lactones) is 1. The highest BCUT2D eigenvalue weighted by molar-refractivity contribution is 6.53. The fraction of sp³-hybridized carbons (Fsp3) is 0.269. The Kier molecular flexibility index (Phi) is 7.09. The van der Waals surface area contributed by atoms with Crippen molar-refractivity contribution >= 4 is 58.1 Å². The molecule has 0 aliphatic carbocycles. The van der Waals surface area contributed by atoms with E-state index in [1.807, 2.05) is 39.0 Å². The van der Waals surface area contributed by atoms with Crippen LogP contribution in [0.4, 0.5) is 5.69 Å². The van der Waals surface area contributed by atoms with Crippen molar-refractivity contribution in [3.63, 3.8) is 0 Å². The molecule has 4 rings (SSSR count). The van der Waals surface area contributed by atoms with Crippen molar-refractivity contribution in [2.24, 2.45) is 0 Å². The normalized spacial score (nSPS) is 16.7. The summed E-state index contributed by atoms with van der Waals surface area (Å²) in [5.41, 5.74) is 0.886. The number of phenolic OH excluding ortho intramolecular Hbond substituents is 1. The van der Waals surface area contributed by atoms with Crippen LogP contribution in [0.1, 0.15) is 46.5 Å². The van der Waals surface area contributed by atoms with Crippen LogP contribution in [0.5, 0.6) is 11.5 Å². The van der Waals surface area contributed by atoms with E-state index >= 15 is 0 Å². The van der Waals surface area contributed by atoms with E-state index in [1.54, 1.807) is 18.2 Å². The monoisotopic (exact) mass is 553 g/mol. The zero-order chi connectivity index (χ0) is 25.7. The number of hydrogen-bond donors (Lipinski definition) is 1. The van der Waals surface area contributed by atoms with Crippen molar-refractivity contribution in [3.8, 4) is 11.5 Å². The van der Waals surface area contributed by atoms with Crippen LogP contribution < -0.4 is 9.64 Å². The summed E-state index contributed by atoms with van der Waals surface area (Å²) in [7, 11) is 1.51. The zero-order valence-electron chi connectivity index (χ0n) is 19.5. The Morgan fingerprint density at radius 1 is 0.943 bits per heavy atom. The van der Waals surface area contributed by atoms with Crippen LogP contribution >= 0.6 is 46.4 Å². The van der Waals surface area contributed by atoms with E-state index in [-0.39, 0.29) is 42.5 Å². The average molecular weight is 555 g/mol.